The summed E-state index contributed by atoms with van der Waals surface area (Å²) in [6.45, 7) is 0.239. The maximum atomic E-state index is 10.1. The number of carbonyl (C=O) groups is 1. The Balaban J connectivity index is 3.55. The summed E-state index contributed by atoms with van der Waals surface area (Å²) < 4.78 is 0. The molecule has 0 bridgehead atoms. The lowest BCUT2D eigenvalue weighted by molar-refractivity contribution is -0.136. The van der Waals surface area contributed by atoms with Gasteiger partial charge in [0.25, 0.3) is 0 Å². The van der Waals surface area contributed by atoms with E-state index >= 15 is 0 Å². The van der Waals surface area contributed by atoms with Crippen molar-refractivity contribution in [3.05, 3.63) is 0 Å². The van der Waals surface area contributed by atoms with Crippen LogP contribution in [0.5, 0.6) is 0 Å². The molecule has 0 aliphatic rings. The minimum Gasteiger partial charge on any atom is -0.480 e. The van der Waals surface area contributed by atoms with Gasteiger partial charge in [-0.25, -0.2) is 0 Å². The van der Waals surface area contributed by atoms with Crippen LogP contribution in [0.1, 0.15) is 6.42 Å². The Bertz CT molecular complexity index is 167. The highest BCUT2D eigenvalue weighted by atomic mass is 35.5. The van der Waals surface area contributed by atoms with E-state index in [9.17, 15) is 4.79 Å². The van der Waals surface area contributed by atoms with Gasteiger partial charge in [0.1, 0.15) is 5.38 Å². The highest BCUT2D eigenvalue weighted by molar-refractivity contribution is 6.29. The van der Waals surface area contributed by atoms with Gasteiger partial charge in [0.05, 0.1) is 0 Å². The van der Waals surface area contributed by atoms with Crippen molar-refractivity contribution in [2.75, 3.05) is 6.54 Å². The number of carboxylic acids is 1. The lowest BCUT2D eigenvalue weighted by Gasteiger charge is -1.99. The number of guanidine groups is 1. The molecule has 5 nitrogen and oxygen atoms in total. The van der Waals surface area contributed by atoms with Gasteiger partial charge in [0.15, 0.2) is 5.96 Å². The van der Waals surface area contributed by atoms with Crippen LogP contribution in [-0.4, -0.2) is 29.0 Å². The van der Waals surface area contributed by atoms with Crippen molar-refractivity contribution in [1.29, 1.82) is 0 Å². The zero-order chi connectivity index (χ0) is 8.85. The lowest BCUT2D eigenvalue weighted by atomic mass is 10.3. The average molecular weight is 180 g/mol. The molecule has 64 valence electrons. The molecule has 5 N–H and O–H groups in total. The normalized spacial score (nSPS) is 12.1. The Morgan fingerprint density at radius 1 is 1.64 bits per heavy atom. The van der Waals surface area contributed by atoms with Crippen LogP contribution >= 0.6 is 11.6 Å². The molecule has 0 aromatic rings. The van der Waals surface area contributed by atoms with Gasteiger partial charge in [0, 0.05) is 6.54 Å². The topological polar surface area (TPSA) is 102 Å². The minimum absolute atomic E-state index is 0.0562. The van der Waals surface area contributed by atoms with Gasteiger partial charge in [-0.15, -0.1) is 11.6 Å². The van der Waals surface area contributed by atoms with E-state index in [1.165, 1.54) is 0 Å². The fraction of sp³-hybridized carbons (Fsp3) is 0.600. The van der Waals surface area contributed by atoms with E-state index in [1.54, 1.807) is 0 Å². The summed E-state index contributed by atoms with van der Waals surface area (Å²) in [5.41, 5.74) is 9.98. The molecule has 1 atom stereocenters. The zero-order valence-electron chi connectivity index (χ0n) is 5.83. The van der Waals surface area contributed by atoms with Gasteiger partial charge in [-0.1, -0.05) is 0 Å². The highest BCUT2D eigenvalue weighted by Crippen LogP contribution is 2.01. The van der Waals surface area contributed by atoms with E-state index in [-0.39, 0.29) is 18.9 Å². The monoisotopic (exact) mass is 179 g/mol. The van der Waals surface area contributed by atoms with Crippen molar-refractivity contribution in [1.82, 2.24) is 0 Å². The molecule has 0 aliphatic carbocycles. The Labute approximate surface area is 69.0 Å². The third kappa shape index (κ3) is 5.47. The van der Waals surface area contributed by atoms with Crippen LogP contribution in [0.25, 0.3) is 0 Å². The van der Waals surface area contributed by atoms with Crippen LogP contribution in [0.2, 0.25) is 0 Å². The van der Waals surface area contributed by atoms with Gasteiger partial charge in [0.2, 0.25) is 0 Å². The van der Waals surface area contributed by atoms with Crippen molar-refractivity contribution in [3.63, 3.8) is 0 Å². The molecule has 0 saturated heterocycles. The first kappa shape index (κ1) is 10.0. The fourth-order valence-corrected chi connectivity index (χ4v) is 0.528. The third-order valence-electron chi connectivity index (χ3n) is 0.945. The number of aliphatic carboxylic acids is 1. The molecule has 0 aromatic carbocycles. The molecular formula is C5H10ClN3O2. The molecule has 11 heavy (non-hydrogen) atoms. The number of hydrogen-bond donors (Lipinski definition) is 3. The molecule has 0 heterocycles. The first-order valence-electron chi connectivity index (χ1n) is 2.96. The summed E-state index contributed by atoms with van der Waals surface area (Å²) in [5.74, 6) is -1.11. The van der Waals surface area contributed by atoms with E-state index < -0.39 is 11.3 Å². The summed E-state index contributed by atoms with van der Waals surface area (Å²) in [7, 11) is 0. The quantitative estimate of drug-likeness (QED) is 0.303. The van der Waals surface area contributed by atoms with E-state index in [2.05, 4.69) is 4.99 Å². The third-order valence-corrected chi connectivity index (χ3v) is 1.35. The highest BCUT2D eigenvalue weighted by Gasteiger charge is 2.11. The predicted octanol–water partition coefficient (Wildman–Crippen LogP) is -0.658. The predicted molar refractivity (Wildman–Crippen MR) is 42.6 cm³/mol. The molecule has 0 spiro atoms. The SMILES string of the molecule is NC(N)=NCC[C@@H](Cl)C(=O)O. The van der Waals surface area contributed by atoms with Crippen molar-refractivity contribution in [2.24, 2.45) is 16.5 Å². The number of nitrogens with two attached hydrogens (primary N) is 2. The van der Waals surface area contributed by atoms with Gasteiger partial charge in [-0.3, -0.25) is 9.79 Å². The molecule has 6 heteroatoms. The Morgan fingerprint density at radius 2 is 2.18 bits per heavy atom. The second-order valence-electron chi connectivity index (χ2n) is 1.90. The van der Waals surface area contributed by atoms with Crippen molar-refractivity contribution >= 4 is 23.5 Å². The number of halogens is 1. The maximum absolute atomic E-state index is 10.1. The number of hydrogen-bond acceptors (Lipinski definition) is 2. The number of alkyl halides is 1. The van der Waals surface area contributed by atoms with Crippen molar-refractivity contribution in [2.45, 2.75) is 11.8 Å². The minimum atomic E-state index is -1.06. The van der Waals surface area contributed by atoms with Crippen LogP contribution in [0.3, 0.4) is 0 Å². The smallest absolute Gasteiger partial charge is 0.321 e. The standard InChI is InChI=1S/C5H10ClN3O2/c6-3(4(10)11)1-2-9-5(7)8/h3H,1-2H2,(H,10,11)(H4,7,8,9)/t3-/m1/s1. The lowest BCUT2D eigenvalue weighted by Crippen LogP contribution is -2.23. The van der Waals surface area contributed by atoms with Crippen LogP contribution < -0.4 is 11.5 Å². The summed E-state index contributed by atoms with van der Waals surface area (Å²) in [6, 6.07) is 0. The summed E-state index contributed by atoms with van der Waals surface area (Å²) in [4.78, 5) is 13.7. The van der Waals surface area contributed by atoms with Crippen LogP contribution in [0, 0.1) is 0 Å². The van der Waals surface area contributed by atoms with Crippen molar-refractivity contribution < 1.29 is 9.90 Å². The van der Waals surface area contributed by atoms with Gasteiger partial charge < -0.3 is 16.6 Å². The second kappa shape index (κ2) is 4.79. The van der Waals surface area contributed by atoms with Gasteiger partial charge >= 0.3 is 5.97 Å². The largest absolute Gasteiger partial charge is 0.480 e. The second-order valence-corrected chi connectivity index (χ2v) is 2.43. The first-order valence-corrected chi connectivity index (χ1v) is 3.40. The van der Waals surface area contributed by atoms with Gasteiger partial charge in [-0.2, -0.15) is 0 Å². The Hall–Kier alpha value is -0.970. The van der Waals surface area contributed by atoms with Gasteiger partial charge in [-0.05, 0) is 6.42 Å². The number of aliphatic imine (C=N–C) groups is 1. The maximum Gasteiger partial charge on any atom is 0.321 e. The molecular weight excluding hydrogens is 170 g/mol. The first-order chi connectivity index (χ1) is 5.04. The molecule has 0 amide bonds. The average Bonchev–Trinajstić information content (AvgIpc) is 1.86. The number of carboxylic acid groups (broad SMARTS) is 1. The van der Waals surface area contributed by atoms with Crippen LogP contribution in [-0.2, 0) is 4.79 Å². The molecule has 0 aromatic heterocycles. The molecule has 0 aliphatic heterocycles. The molecule has 0 unspecified atom stereocenters. The molecule has 0 saturated carbocycles. The van der Waals surface area contributed by atoms with E-state index in [4.69, 9.17) is 28.2 Å². The van der Waals surface area contributed by atoms with E-state index in [0.29, 0.717) is 0 Å². The van der Waals surface area contributed by atoms with Crippen molar-refractivity contribution in [3.8, 4) is 0 Å². The Kier molecular flexibility index (Phi) is 4.36. The molecule has 0 fully saturated rings. The summed E-state index contributed by atoms with van der Waals surface area (Å²) >= 11 is 5.35. The number of rotatable bonds is 4. The van der Waals surface area contributed by atoms with E-state index in [0.717, 1.165) is 0 Å². The Morgan fingerprint density at radius 3 is 2.55 bits per heavy atom. The molecule has 0 rings (SSSR count). The summed E-state index contributed by atoms with van der Waals surface area (Å²) in [5, 5.41) is 7.39. The number of nitrogens with zero attached hydrogens (tertiary/aromatic N) is 1. The zero-order valence-corrected chi connectivity index (χ0v) is 6.58. The van der Waals surface area contributed by atoms with Crippen LogP contribution in [0.4, 0.5) is 0 Å². The van der Waals surface area contributed by atoms with Crippen LogP contribution in [0.15, 0.2) is 4.99 Å². The fourth-order valence-electron chi connectivity index (χ4n) is 0.430. The molecule has 0 radical (unpaired) electrons. The van der Waals surface area contributed by atoms with E-state index in [1.807, 2.05) is 0 Å². The summed E-state index contributed by atoms with van der Waals surface area (Å²) in [6.07, 6.45) is 0.231.